The van der Waals surface area contributed by atoms with Crippen molar-refractivity contribution in [1.29, 1.82) is 0 Å². The Morgan fingerprint density at radius 3 is 2.53 bits per heavy atom. The number of guanidine groups is 1. The van der Waals surface area contributed by atoms with E-state index >= 15 is 0 Å². The Kier molecular flexibility index (Phi) is 7.01. The number of rotatable bonds is 6. The molecule has 17 heavy (non-hydrogen) atoms. The summed E-state index contributed by atoms with van der Waals surface area (Å²) >= 11 is 0. The lowest BCUT2D eigenvalue weighted by Gasteiger charge is -2.16. The molecule has 0 unspecified atom stereocenters. The van der Waals surface area contributed by atoms with Gasteiger partial charge in [-0.3, -0.25) is 4.99 Å². The van der Waals surface area contributed by atoms with Gasteiger partial charge in [-0.15, -0.1) is 0 Å². The predicted molar refractivity (Wildman–Crippen MR) is 74.5 cm³/mol. The van der Waals surface area contributed by atoms with E-state index in [2.05, 4.69) is 34.4 Å². The zero-order valence-corrected chi connectivity index (χ0v) is 11.6. The highest BCUT2D eigenvalue weighted by Gasteiger charge is 2.09. The number of hydrogen-bond acceptors (Lipinski definition) is 2. The smallest absolute Gasteiger partial charge is 0.191 e. The number of unbranched alkanes of at least 4 members (excludes halogenated alkanes) is 1. The molecule has 1 aliphatic rings. The van der Waals surface area contributed by atoms with Gasteiger partial charge in [0.2, 0.25) is 0 Å². The minimum atomic E-state index is 0.436. The van der Waals surface area contributed by atoms with Crippen molar-refractivity contribution in [3.63, 3.8) is 0 Å². The lowest BCUT2D eigenvalue weighted by Crippen LogP contribution is -2.41. The first-order valence-electron chi connectivity index (χ1n) is 6.92. The van der Waals surface area contributed by atoms with Crippen molar-refractivity contribution in [2.75, 3.05) is 33.2 Å². The highest BCUT2D eigenvalue weighted by atomic mass is 15.2. The SMILES string of the molecule is CN=C(NCCCCN1CCCC1)NC(C)C. The van der Waals surface area contributed by atoms with Gasteiger partial charge >= 0.3 is 0 Å². The van der Waals surface area contributed by atoms with Crippen molar-refractivity contribution < 1.29 is 0 Å². The molecule has 0 amide bonds. The zero-order chi connectivity index (χ0) is 12.5. The lowest BCUT2D eigenvalue weighted by atomic mass is 10.3. The molecule has 1 saturated heterocycles. The van der Waals surface area contributed by atoms with E-state index in [1.54, 1.807) is 0 Å². The normalized spacial score (nSPS) is 17.8. The zero-order valence-electron chi connectivity index (χ0n) is 11.6. The fraction of sp³-hybridized carbons (Fsp3) is 0.923. The molecule has 1 rings (SSSR count). The van der Waals surface area contributed by atoms with E-state index in [1.807, 2.05) is 7.05 Å². The summed E-state index contributed by atoms with van der Waals surface area (Å²) in [6.45, 7) is 9.15. The molecule has 0 saturated carbocycles. The topological polar surface area (TPSA) is 39.7 Å². The fourth-order valence-electron chi connectivity index (χ4n) is 2.14. The van der Waals surface area contributed by atoms with Crippen molar-refractivity contribution in [3.05, 3.63) is 0 Å². The number of aliphatic imine (C=N–C) groups is 1. The molecule has 4 heteroatoms. The van der Waals surface area contributed by atoms with E-state index < -0.39 is 0 Å². The summed E-state index contributed by atoms with van der Waals surface area (Å²) in [6, 6.07) is 0.436. The Bertz CT molecular complexity index is 219. The van der Waals surface area contributed by atoms with E-state index in [0.717, 1.165) is 12.5 Å². The Balaban J connectivity index is 1.98. The number of nitrogens with one attached hydrogen (secondary N) is 2. The van der Waals surface area contributed by atoms with Crippen LogP contribution in [0.3, 0.4) is 0 Å². The molecule has 0 aromatic carbocycles. The maximum Gasteiger partial charge on any atom is 0.191 e. The predicted octanol–water partition coefficient (Wildman–Crippen LogP) is 1.44. The van der Waals surface area contributed by atoms with E-state index in [1.165, 1.54) is 45.3 Å². The van der Waals surface area contributed by atoms with Gasteiger partial charge in [0.15, 0.2) is 5.96 Å². The molecule has 0 radical (unpaired) electrons. The van der Waals surface area contributed by atoms with Gasteiger partial charge in [0, 0.05) is 19.6 Å². The van der Waals surface area contributed by atoms with Crippen molar-refractivity contribution in [2.45, 2.75) is 45.6 Å². The molecule has 1 heterocycles. The molecule has 0 spiro atoms. The largest absolute Gasteiger partial charge is 0.356 e. The van der Waals surface area contributed by atoms with Crippen LogP contribution < -0.4 is 10.6 Å². The molecule has 2 N–H and O–H groups in total. The molecular weight excluding hydrogens is 212 g/mol. The van der Waals surface area contributed by atoms with Crippen molar-refractivity contribution in [3.8, 4) is 0 Å². The Morgan fingerprint density at radius 1 is 1.24 bits per heavy atom. The van der Waals surface area contributed by atoms with E-state index in [-0.39, 0.29) is 0 Å². The van der Waals surface area contributed by atoms with Crippen LogP contribution in [0.4, 0.5) is 0 Å². The van der Waals surface area contributed by atoms with Crippen LogP contribution in [0.5, 0.6) is 0 Å². The minimum absolute atomic E-state index is 0.436. The molecule has 0 bridgehead atoms. The van der Waals surface area contributed by atoms with E-state index in [0.29, 0.717) is 6.04 Å². The summed E-state index contributed by atoms with van der Waals surface area (Å²) in [6.07, 6.45) is 5.29. The third-order valence-electron chi connectivity index (χ3n) is 3.04. The number of hydrogen-bond donors (Lipinski definition) is 2. The molecule has 1 aliphatic heterocycles. The average Bonchev–Trinajstić information content (AvgIpc) is 2.79. The molecular formula is C13H28N4. The van der Waals surface area contributed by atoms with E-state index in [4.69, 9.17) is 0 Å². The summed E-state index contributed by atoms with van der Waals surface area (Å²) in [4.78, 5) is 6.76. The van der Waals surface area contributed by atoms with Gasteiger partial charge < -0.3 is 15.5 Å². The molecule has 0 aliphatic carbocycles. The van der Waals surface area contributed by atoms with Gasteiger partial charge in [-0.2, -0.15) is 0 Å². The summed E-state index contributed by atoms with van der Waals surface area (Å²) in [5.74, 6) is 0.918. The molecule has 100 valence electrons. The molecule has 1 fully saturated rings. The highest BCUT2D eigenvalue weighted by Crippen LogP contribution is 2.07. The van der Waals surface area contributed by atoms with Crippen LogP contribution in [0.15, 0.2) is 4.99 Å². The van der Waals surface area contributed by atoms with Crippen molar-refractivity contribution >= 4 is 5.96 Å². The summed E-state index contributed by atoms with van der Waals surface area (Å²) < 4.78 is 0. The van der Waals surface area contributed by atoms with Gasteiger partial charge in [0.25, 0.3) is 0 Å². The van der Waals surface area contributed by atoms with E-state index in [9.17, 15) is 0 Å². The van der Waals surface area contributed by atoms with Gasteiger partial charge in [-0.05, 0) is 59.2 Å². The van der Waals surface area contributed by atoms with Crippen molar-refractivity contribution in [1.82, 2.24) is 15.5 Å². The monoisotopic (exact) mass is 240 g/mol. The quantitative estimate of drug-likeness (QED) is 0.419. The second kappa shape index (κ2) is 8.34. The van der Waals surface area contributed by atoms with Crippen molar-refractivity contribution in [2.24, 2.45) is 4.99 Å². The number of likely N-dealkylation sites (tertiary alicyclic amines) is 1. The highest BCUT2D eigenvalue weighted by molar-refractivity contribution is 5.79. The molecule has 0 atom stereocenters. The minimum Gasteiger partial charge on any atom is -0.356 e. The first kappa shape index (κ1) is 14.3. The third-order valence-corrected chi connectivity index (χ3v) is 3.04. The van der Waals surface area contributed by atoms with Crippen LogP contribution in [0.25, 0.3) is 0 Å². The second-order valence-corrected chi connectivity index (χ2v) is 5.05. The molecule has 0 aromatic rings. The van der Waals surface area contributed by atoms with Crippen LogP contribution in [-0.4, -0.2) is 50.1 Å². The summed E-state index contributed by atoms with van der Waals surface area (Å²) in [7, 11) is 1.82. The Labute approximate surface area is 106 Å². The standard InChI is InChI=1S/C13H28N4/c1-12(2)16-13(14-3)15-8-4-5-9-17-10-6-7-11-17/h12H,4-11H2,1-3H3,(H2,14,15,16). The maximum absolute atomic E-state index is 4.19. The molecule has 4 nitrogen and oxygen atoms in total. The van der Waals surface area contributed by atoms with Crippen LogP contribution in [0.1, 0.15) is 39.5 Å². The molecule has 0 aromatic heterocycles. The third kappa shape index (κ3) is 6.51. The van der Waals surface area contributed by atoms with Gasteiger partial charge in [0.05, 0.1) is 0 Å². The second-order valence-electron chi connectivity index (χ2n) is 5.05. The fourth-order valence-corrected chi connectivity index (χ4v) is 2.14. The Morgan fingerprint density at radius 2 is 1.94 bits per heavy atom. The lowest BCUT2D eigenvalue weighted by molar-refractivity contribution is 0.330. The first-order chi connectivity index (χ1) is 8.22. The van der Waals surface area contributed by atoms with Gasteiger partial charge in [0.1, 0.15) is 0 Å². The van der Waals surface area contributed by atoms with Crippen LogP contribution in [-0.2, 0) is 0 Å². The maximum atomic E-state index is 4.19. The van der Waals surface area contributed by atoms with Gasteiger partial charge in [-0.1, -0.05) is 0 Å². The number of nitrogens with zero attached hydrogens (tertiary/aromatic N) is 2. The van der Waals surface area contributed by atoms with Crippen LogP contribution in [0.2, 0.25) is 0 Å². The Hall–Kier alpha value is -0.770. The van der Waals surface area contributed by atoms with Crippen LogP contribution >= 0.6 is 0 Å². The first-order valence-corrected chi connectivity index (χ1v) is 6.92. The summed E-state index contributed by atoms with van der Waals surface area (Å²) in [5, 5.41) is 6.64. The summed E-state index contributed by atoms with van der Waals surface area (Å²) in [5.41, 5.74) is 0. The van der Waals surface area contributed by atoms with Gasteiger partial charge in [-0.25, -0.2) is 0 Å². The van der Waals surface area contributed by atoms with Crippen LogP contribution in [0, 0.1) is 0 Å². The average molecular weight is 240 g/mol.